The van der Waals surface area contributed by atoms with Crippen molar-refractivity contribution in [2.45, 2.75) is 31.8 Å². The van der Waals surface area contributed by atoms with Crippen LogP contribution in [-0.2, 0) is 16.1 Å². The average molecular weight is 396 g/mol. The molecule has 1 saturated heterocycles. The van der Waals surface area contributed by atoms with Crippen LogP contribution in [0.3, 0.4) is 0 Å². The van der Waals surface area contributed by atoms with Gasteiger partial charge in [-0.15, -0.1) is 0 Å². The summed E-state index contributed by atoms with van der Waals surface area (Å²) in [7, 11) is 1.55. The van der Waals surface area contributed by atoms with Crippen LogP contribution in [0.1, 0.15) is 36.6 Å². The number of likely N-dealkylation sites (tertiary alicyclic amines) is 1. The Morgan fingerprint density at radius 1 is 1.24 bits per heavy atom. The Kier molecular flexibility index (Phi) is 5.08. The van der Waals surface area contributed by atoms with E-state index in [0.717, 1.165) is 17.7 Å². The molecule has 4 rings (SSSR count). The number of nitrogens with one attached hydrogen (secondary N) is 1. The van der Waals surface area contributed by atoms with Crippen molar-refractivity contribution in [2.24, 2.45) is 5.92 Å². The number of piperidine rings is 1. The van der Waals surface area contributed by atoms with E-state index in [9.17, 15) is 14.4 Å². The minimum atomic E-state index is -0.636. The van der Waals surface area contributed by atoms with E-state index in [0.29, 0.717) is 25.5 Å². The van der Waals surface area contributed by atoms with E-state index in [1.807, 2.05) is 12.1 Å². The van der Waals surface area contributed by atoms with Crippen molar-refractivity contribution in [3.05, 3.63) is 58.1 Å². The van der Waals surface area contributed by atoms with Gasteiger partial charge in [0.15, 0.2) is 0 Å². The van der Waals surface area contributed by atoms with Gasteiger partial charge in [-0.05, 0) is 18.1 Å². The number of amides is 2. The summed E-state index contributed by atoms with van der Waals surface area (Å²) < 4.78 is 6.67. The zero-order valence-electron chi connectivity index (χ0n) is 16.5. The standard InChI is InChI=1S/C21H24N4O4/c1-13(26)24-11-15-8-16(12-24)20(25-17(15)4-3-5-19(25)27)21(28)23-10-14-6-7-18(29-2)22-9-14/h3-7,9,15-16,20H,8,10-12H2,1-2H3,(H,23,28)/t15-,16+,20-/m1/s1. The van der Waals surface area contributed by atoms with Crippen LogP contribution >= 0.6 is 0 Å². The summed E-state index contributed by atoms with van der Waals surface area (Å²) in [6.45, 7) is 2.91. The lowest BCUT2D eigenvalue weighted by atomic mass is 9.78. The second-order valence-corrected chi connectivity index (χ2v) is 7.65. The third-order valence-corrected chi connectivity index (χ3v) is 5.83. The lowest BCUT2D eigenvalue weighted by molar-refractivity contribution is -0.135. The third kappa shape index (κ3) is 3.62. The zero-order chi connectivity index (χ0) is 20.5. The van der Waals surface area contributed by atoms with E-state index in [-0.39, 0.29) is 29.2 Å². The van der Waals surface area contributed by atoms with Crippen LogP contribution in [0.2, 0.25) is 0 Å². The summed E-state index contributed by atoms with van der Waals surface area (Å²) >= 11 is 0. The van der Waals surface area contributed by atoms with Crippen LogP contribution in [0, 0.1) is 5.92 Å². The van der Waals surface area contributed by atoms with Gasteiger partial charge in [0, 0.05) is 62.4 Å². The predicted molar refractivity (Wildman–Crippen MR) is 105 cm³/mol. The first-order chi connectivity index (χ1) is 14.0. The lowest BCUT2D eigenvalue weighted by Gasteiger charge is -2.46. The average Bonchev–Trinajstić information content (AvgIpc) is 2.73. The number of ether oxygens (including phenoxy) is 1. The van der Waals surface area contributed by atoms with Gasteiger partial charge in [-0.25, -0.2) is 4.98 Å². The number of carbonyl (C=O) groups excluding carboxylic acids is 2. The molecular formula is C21H24N4O4. The van der Waals surface area contributed by atoms with Crippen molar-refractivity contribution in [3.8, 4) is 5.88 Å². The Balaban J connectivity index is 1.60. The first-order valence-electron chi connectivity index (χ1n) is 9.71. The first-order valence-corrected chi connectivity index (χ1v) is 9.71. The van der Waals surface area contributed by atoms with E-state index in [2.05, 4.69) is 10.3 Å². The molecule has 8 heteroatoms. The number of rotatable bonds is 4. The molecule has 8 nitrogen and oxygen atoms in total. The van der Waals surface area contributed by atoms with Crippen LogP contribution in [0.25, 0.3) is 0 Å². The smallest absolute Gasteiger partial charge is 0.251 e. The predicted octanol–water partition coefficient (Wildman–Crippen LogP) is 1.07. The van der Waals surface area contributed by atoms with Crippen LogP contribution < -0.4 is 15.6 Å². The number of carbonyl (C=O) groups is 2. The Hall–Kier alpha value is -3.16. The minimum Gasteiger partial charge on any atom is -0.481 e. The second kappa shape index (κ2) is 7.69. The van der Waals surface area contributed by atoms with Gasteiger partial charge in [0.05, 0.1) is 7.11 Å². The molecule has 2 bridgehead atoms. The van der Waals surface area contributed by atoms with Gasteiger partial charge < -0.3 is 15.0 Å². The van der Waals surface area contributed by atoms with Crippen molar-refractivity contribution in [2.75, 3.05) is 20.2 Å². The molecule has 3 atom stereocenters. The number of methoxy groups -OCH3 is 1. The van der Waals surface area contributed by atoms with Crippen LogP contribution in [0.15, 0.2) is 41.3 Å². The highest BCUT2D eigenvalue weighted by molar-refractivity contribution is 5.81. The molecule has 0 radical (unpaired) electrons. The minimum absolute atomic E-state index is 0.00473. The fraction of sp³-hybridized carbons (Fsp3) is 0.429. The fourth-order valence-corrected chi connectivity index (χ4v) is 4.46. The summed E-state index contributed by atoms with van der Waals surface area (Å²) in [5, 5.41) is 2.94. The monoisotopic (exact) mass is 396 g/mol. The number of hydrogen-bond acceptors (Lipinski definition) is 5. The van der Waals surface area contributed by atoms with E-state index < -0.39 is 6.04 Å². The van der Waals surface area contributed by atoms with Gasteiger partial charge in [0.25, 0.3) is 5.56 Å². The van der Waals surface area contributed by atoms with Crippen molar-refractivity contribution in [1.29, 1.82) is 0 Å². The summed E-state index contributed by atoms with van der Waals surface area (Å²) in [6, 6.07) is 8.03. The molecule has 0 aliphatic carbocycles. The molecule has 0 unspecified atom stereocenters. The van der Waals surface area contributed by atoms with E-state index in [4.69, 9.17) is 4.74 Å². The van der Waals surface area contributed by atoms with Gasteiger partial charge in [0.2, 0.25) is 17.7 Å². The summed E-state index contributed by atoms with van der Waals surface area (Å²) in [5.41, 5.74) is 1.48. The van der Waals surface area contributed by atoms with E-state index >= 15 is 0 Å². The Bertz CT molecular complexity index is 985. The van der Waals surface area contributed by atoms with Crippen LogP contribution in [-0.4, -0.2) is 46.5 Å². The van der Waals surface area contributed by atoms with E-state index in [1.165, 1.54) is 6.07 Å². The number of nitrogens with zero attached hydrogens (tertiary/aromatic N) is 3. The Labute approximate surface area is 168 Å². The van der Waals surface area contributed by atoms with Crippen LogP contribution in [0.5, 0.6) is 5.88 Å². The number of pyridine rings is 2. The second-order valence-electron chi connectivity index (χ2n) is 7.65. The molecule has 4 heterocycles. The molecule has 2 aliphatic rings. The SMILES string of the molecule is COc1ccc(CNC(=O)[C@H]2[C@H]3C[C@H](CN(C(C)=O)C3)c3cccc(=O)n32)cn1. The third-order valence-electron chi connectivity index (χ3n) is 5.83. The molecule has 1 fully saturated rings. The molecule has 0 spiro atoms. The number of hydrogen-bond donors (Lipinski definition) is 1. The number of aromatic nitrogens is 2. The van der Waals surface area contributed by atoms with Crippen molar-refractivity contribution < 1.29 is 14.3 Å². The summed E-state index contributed by atoms with van der Waals surface area (Å²) in [5.74, 6) is 0.255. The normalized spacial score (nSPS) is 22.6. The molecule has 0 aromatic carbocycles. The Morgan fingerprint density at radius 3 is 2.76 bits per heavy atom. The maximum atomic E-state index is 13.2. The number of fused-ring (bicyclic) bond motifs is 4. The first kappa shape index (κ1) is 19.2. The molecule has 2 amide bonds. The van der Waals surface area contributed by atoms with Gasteiger partial charge in [0.1, 0.15) is 6.04 Å². The maximum Gasteiger partial charge on any atom is 0.251 e. The topological polar surface area (TPSA) is 93.5 Å². The molecule has 29 heavy (non-hydrogen) atoms. The highest BCUT2D eigenvalue weighted by Crippen LogP contribution is 2.41. The highest BCUT2D eigenvalue weighted by Gasteiger charge is 2.44. The van der Waals surface area contributed by atoms with Crippen molar-refractivity contribution in [3.63, 3.8) is 0 Å². The highest BCUT2D eigenvalue weighted by atomic mass is 16.5. The van der Waals surface area contributed by atoms with Gasteiger partial charge >= 0.3 is 0 Å². The molecule has 1 N–H and O–H groups in total. The van der Waals surface area contributed by atoms with Gasteiger partial charge in [-0.2, -0.15) is 0 Å². The molecule has 0 saturated carbocycles. The van der Waals surface area contributed by atoms with Gasteiger partial charge in [-0.1, -0.05) is 12.1 Å². The molecule has 2 aliphatic heterocycles. The molecular weight excluding hydrogens is 372 g/mol. The van der Waals surface area contributed by atoms with Crippen molar-refractivity contribution >= 4 is 11.8 Å². The quantitative estimate of drug-likeness (QED) is 0.835. The summed E-state index contributed by atoms with van der Waals surface area (Å²) in [4.78, 5) is 43.7. The van der Waals surface area contributed by atoms with Gasteiger partial charge in [-0.3, -0.25) is 19.0 Å². The van der Waals surface area contributed by atoms with Crippen molar-refractivity contribution in [1.82, 2.24) is 19.8 Å². The lowest BCUT2D eigenvalue weighted by Crippen LogP contribution is -2.54. The Morgan fingerprint density at radius 2 is 2.07 bits per heavy atom. The van der Waals surface area contributed by atoms with Crippen LogP contribution in [0.4, 0.5) is 0 Å². The molecule has 2 aromatic heterocycles. The molecule has 152 valence electrons. The molecule has 2 aromatic rings. The van der Waals surface area contributed by atoms with E-state index in [1.54, 1.807) is 41.8 Å². The zero-order valence-corrected chi connectivity index (χ0v) is 16.5. The summed E-state index contributed by atoms with van der Waals surface area (Å²) in [6.07, 6.45) is 2.43. The fourth-order valence-electron chi connectivity index (χ4n) is 4.46. The largest absolute Gasteiger partial charge is 0.481 e. The maximum absolute atomic E-state index is 13.2.